The molecule has 1 aromatic rings. The van der Waals surface area contributed by atoms with E-state index in [2.05, 4.69) is 25.2 Å². The van der Waals surface area contributed by atoms with Gasteiger partial charge in [-0.25, -0.2) is 0 Å². The van der Waals surface area contributed by atoms with Crippen LogP contribution in [0.25, 0.3) is 0 Å². The van der Waals surface area contributed by atoms with Crippen molar-refractivity contribution in [2.24, 2.45) is 0 Å². The van der Waals surface area contributed by atoms with Crippen molar-refractivity contribution < 1.29 is 10.1 Å². The molecular weight excluding hydrogens is 222 g/mol. The van der Waals surface area contributed by atoms with Gasteiger partial charge in [0, 0.05) is 0 Å². The molecule has 2 N–H and O–H groups in total. The first-order valence-corrected chi connectivity index (χ1v) is 7.34. The molecule has 0 saturated heterocycles. The molecule has 0 aliphatic rings. The van der Waals surface area contributed by atoms with E-state index in [9.17, 15) is 0 Å². The molecule has 0 spiro atoms. The van der Waals surface area contributed by atoms with Crippen molar-refractivity contribution in [1.29, 1.82) is 0 Å². The van der Waals surface area contributed by atoms with Crippen LogP contribution in [0, 0.1) is 6.92 Å². The zero-order valence-electron chi connectivity index (χ0n) is 12.0. The maximum absolute atomic E-state index is 5.77. The van der Waals surface area contributed by atoms with E-state index in [0.29, 0.717) is 0 Å². The van der Waals surface area contributed by atoms with Gasteiger partial charge in [-0.15, -0.1) is 0 Å². The number of quaternary nitrogens is 1. The van der Waals surface area contributed by atoms with Crippen LogP contribution in [0.4, 0.5) is 0 Å². The normalized spacial score (nSPS) is 10.6. The maximum Gasteiger partial charge on any atom is 0.122 e. The molecule has 0 aliphatic carbocycles. The number of aryl methyl sites for hydroxylation is 1. The number of hydrogen-bond acceptors (Lipinski definition) is 1. The summed E-state index contributed by atoms with van der Waals surface area (Å²) in [4.78, 5) is 0. The predicted molar refractivity (Wildman–Crippen MR) is 77.1 cm³/mol. The minimum absolute atomic E-state index is 0.847. The van der Waals surface area contributed by atoms with E-state index in [1.54, 1.807) is 0 Å². The van der Waals surface area contributed by atoms with Gasteiger partial charge in [-0.05, 0) is 44.2 Å². The molecule has 0 atom stereocenters. The zero-order chi connectivity index (χ0) is 13.1. The first kappa shape index (κ1) is 15.0. The molecule has 0 bridgehead atoms. The summed E-state index contributed by atoms with van der Waals surface area (Å²) in [6.07, 6.45) is 6.39. The molecule has 1 rings (SSSR count). The SMILES string of the molecule is CCCC[NH2+]CCCCCOc1ccccc1C. The van der Waals surface area contributed by atoms with E-state index >= 15 is 0 Å². The van der Waals surface area contributed by atoms with Crippen LogP contribution in [0.1, 0.15) is 44.6 Å². The van der Waals surface area contributed by atoms with Crippen molar-refractivity contribution in [2.45, 2.75) is 46.0 Å². The maximum atomic E-state index is 5.77. The molecule has 0 aliphatic heterocycles. The highest BCUT2D eigenvalue weighted by Crippen LogP contribution is 2.16. The number of nitrogens with two attached hydrogens (primary N) is 1. The van der Waals surface area contributed by atoms with Crippen LogP contribution in [0.15, 0.2) is 24.3 Å². The molecule has 0 amide bonds. The molecule has 2 nitrogen and oxygen atoms in total. The van der Waals surface area contributed by atoms with Crippen molar-refractivity contribution in [3.63, 3.8) is 0 Å². The molecule has 0 heterocycles. The lowest BCUT2D eigenvalue weighted by atomic mass is 10.2. The third kappa shape index (κ3) is 6.65. The summed E-state index contributed by atoms with van der Waals surface area (Å²) < 4.78 is 5.77. The first-order chi connectivity index (χ1) is 8.84. The monoisotopic (exact) mass is 250 g/mol. The highest BCUT2D eigenvalue weighted by atomic mass is 16.5. The van der Waals surface area contributed by atoms with E-state index in [0.717, 1.165) is 18.8 Å². The van der Waals surface area contributed by atoms with Crippen LogP contribution in [-0.4, -0.2) is 19.7 Å². The van der Waals surface area contributed by atoms with Gasteiger partial charge in [-0.1, -0.05) is 31.5 Å². The highest BCUT2D eigenvalue weighted by Gasteiger charge is 1.97. The Labute approximate surface area is 112 Å². The van der Waals surface area contributed by atoms with Crippen molar-refractivity contribution in [3.05, 3.63) is 29.8 Å². The van der Waals surface area contributed by atoms with Gasteiger partial charge in [0.25, 0.3) is 0 Å². The van der Waals surface area contributed by atoms with Gasteiger partial charge in [0.05, 0.1) is 19.7 Å². The molecule has 0 saturated carbocycles. The standard InChI is InChI=1S/C16H27NO/c1-3-4-12-17-13-8-5-9-14-18-16-11-7-6-10-15(16)2/h6-7,10-11,17H,3-5,8-9,12-14H2,1-2H3/p+1. The minimum Gasteiger partial charge on any atom is -0.493 e. The summed E-state index contributed by atoms with van der Waals surface area (Å²) in [6, 6.07) is 8.23. The van der Waals surface area contributed by atoms with Gasteiger partial charge in [-0.2, -0.15) is 0 Å². The second kappa shape index (κ2) is 9.95. The van der Waals surface area contributed by atoms with Crippen LogP contribution in [0.3, 0.4) is 0 Å². The average molecular weight is 250 g/mol. The predicted octanol–water partition coefficient (Wildman–Crippen LogP) is 2.91. The number of ether oxygens (including phenoxy) is 1. The van der Waals surface area contributed by atoms with E-state index in [-0.39, 0.29) is 0 Å². The highest BCUT2D eigenvalue weighted by molar-refractivity contribution is 5.31. The minimum atomic E-state index is 0.847. The van der Waals surface area contributed by atoms with Crippen LogP contribution in [-0.2, 0) is 0 Å². The zero-order valence-corrected chi connectivity index (χ0v) is 12.0. The Kier molecular flexibility index (Phi) is 8.32. The van der Waals surface area contributed by atoms with Crippen LogP contribution < -0.4 is 10.1 Å². The molecular formula is C16H28NO+. The molecule has 18 heavy (non-hydrogen) atoms. The summed E-state index contributed by atoms with van der Waals surface area (Å²) in [5.74, 6) is 1.03. The summed E-state index contributed by atoms with van der Waals surface area (Å²) >= 11 is 0. The third-order valence-corrected chi connectivity index (χ3v) is 3.17. The average Bonchev–Trinajstić information content (AvgIpc) is 2.39. The summed E-state index contributed by atoms with van der Waals surface area (Å²) in [6.45, 7) is 7.75. The van der Waals surface area contributed by atoms with Gasteiger partial charge in [-0.3, -0.25) is 0 Å². The lowest BCUT2D eigenvalue weighted by Crippen LogP contribution is -2.84. The number of unbranched alkanes of at least 4 members (excludes halogenated alkanes) is 3. The lowest BCUT2D eigenvalue weighted by molar-refractivity contribution is -0.655. The van der Waals surface area contributed by atoms with Gasteiger partial charge >= 0.3 is 0 Å². The molecule has 0 aromatic heterocycles. The van der Waals surface area contributed by atoms with Crippen molar-refractivity contribution in [2.75, 3.05) is 19.7 Å². The van der Waals surface area contributed by atoms with Crippen LogP contribution in [0.2, 0.25) is 0 Å². The van der Waals surface area contributed by atoms with Gasteiger partial charge < -0.3 is 10.1 Å². The largest absolute Gasteiger partial charge is 0.493 e. The molecule has 0 unspecified atom stereocenters. The van der Waals surface area contributed by atoms with Crippen molar-refractivity contribution >= 4 is 0 Å². The van der Waals surface area contributed by atoms with Gasteiger partial charge in [0.1, 0.15) is 5.75 Å². The Hall–Kier alpha value is -1.02. The van der Waals surface area contributed by atoms with Crippen molar-refractivity contribution in [1.82, 2.24) is 0 Å². The van der Waals surface area contributed by atoms with E-state index in [1.807, 2.05) is 18.2 Å². The Balaban J connectivity index is 1.94. The van der Waals surface area contributed by atoms with Crippen molar-refractivity contribution in [3.8, 4) is 5.75 Å². The number of hydrogen-bond donors (Lipinski definition) is 1. The summed E-state index contributed by atoms with van der Waals surface area (Å²) in [7, 11) is 0. The molecule has 1 aromatic carbocycles. The molecule has 2 heteroatoms. The fourth-order valence-electron chi connectivity index (χ4n) is 1.96. The summed E-state index contributed by atoms with van der Waals surface area (Å²) in [5.41, 5.74) is 1.23. The quantitative estimate of drug-likeness (QED) is 0.635. The molecule has 0 fully saturated rings. The van der Waals surface area contributed by atoms with E-state index < -0.39 is 0 Å². The topological polar surface area (TPSA) is 25.8 Å². The molecule has 102 valence electrons. The van der Waals surface area contributed by atoms with Crippen LogP contribution >= 0.6 is 0 Å². The van der Waals surface area contributed by atoms with Gasteiger partial charge in [0.2, 0.25) is 0 Å². The molecule has 0 radical (unpaired) electrons. The number of rotatable bonds is 10. The Bertz CT molecular complexity index is 312. The lowest BCUT2D eigenvalue weighted by Gasteiger charge is -2.08. The number of para-hydroxylation sites is 1. The fraction of sp³-hybridized carbons (Fsp3) is 0.625. The first-order valence-electron chi connectivity index (χ1n) is 7.34. The summed E-state index contributed by atoms with van der Waals surface area (Å²) in [5, 5.41) is 2.44. The fourth-order valence-corrected chi connectivity index (χ4v) is 1.96. The Morgan fingerprint density at radius 3 is 2.56 bits per heavy atom. The Morgan fingerprint density at radius 2 is 1.78 bits per heavy atom. The van der Waals surface area contributed by atoms with Gasteiger partial charge in [0.15, 0.2) is 0 Å². The van der Waals surface area contributed by atoms with E-state index in [1.165, 1.54) is 44.3 Å². The van der Waals surface area contributed by atoms with E-state index in [4.69, 9.17) is 4.74 Å². The third-order valence-electron chi connectivity index (χ3n) is 3.17. The number of benzene rings is 1. The smallest absolute Gasteiger partial charge is 0.122 e. The second-order valence-corrected chi connectivity index (χ2v) is 4.89. The Morgan fingerprint density at radius 1 is 1.00 bits per heavy atom. The van der Waals surface area contributed by atoms with Crippen LogP contribution in [0.5, 0.6) is 5.75 Å². The second-order valence-electron chi connectivity index (χ2n) is 4.89.